The van der Waals surface area contributed by atoms with Gasteiger partial charge in [-0.25, -0.2) is 0 Å². The molecular formula is C21H19NO2. The van der Waals surface area contributed by atoms with Gasteiger partial charge in [0.2, 0.25) is 0 Å². The topological polar surface area (TPSA) is 43.7 Å². The van der Waals surface area contributed by atoms with Crippen molar-refractivity contribution in [2.75, 3.05) is 7.05 Å². The first-order valence-electron chi connectivity index (χ1n) is 8.01. The van der Waals surface area contributed by atoms with E-state index in [4.69, 9.17) is 0 Å². The minimum atomic E-state index is -0.433. The third-order valence-corrected chi connectivity index (χ3v) is 4.96. The van der Waals surface area contributed by atoms with Crippen molar-refractivity contribution in [3.05, 3.63) is 95.1 Å². The van der Waals surface area contributed by atoms with Crippen LogP contribution in [0.1, 0.15) is 22.3 Å². The fraction of sp³-hybridized carbons (Fsp3) is 0.143. The van der Waals surface area contributed by atoms with Crippen LogP contribution >= 0.6 is 0 Å². The molecule has 0 atom stereocenters. The Labute approximate surface area is 141 Å². The molecule has 1 heterocycles. The molecule has 3 nitrogen and oxygen atoms in total. The summed E-state index contributed by atoms with van der Waals surface area (Å²) >= 11 is 0. The minimum Gasteiger partial charge on any atom is -0.508 e. The Hall–Kier alpha value is -2.78. The van der Waals surface area contributed by atoms with Gasteiger partial charge in [-0.05, 0) is 53.6 Å². The van der Waals surface area contributed by atoms with E-state index in [1.165, 1.54) is 11.1 Å². The second-order valence-corrected chi connectivity index (χ2v) is 6.32. The van der Waals surface area contributed by atoms with Gasteiger partial charge >= 0.3 is 0 Å². The largest absolute Gasteiger partial charge is 0.508 e. The van der Waals surface area contributed by atoms with Crippen LogP contribution in [0.15, 0.2) is 72.8 Å². The van der Waals surface area contributed by atoms with Crippen LogP contribution in [0.25, 0.3) is 0 Å². The highest BCUT2D eigenvalue weighted by Gasteiger charge is 2.45. The van der Waals surface area contributed by atoms with Gasteiger partial charge in [-0.2, -0.15) is 0 Å². The van der Waals surface area contributed by atoms with Crippen molar-refractivity contribution < 1.29 is 10.2 Å². The van der Waals surface area contributed by atoms with Gasteiger partial charge in [0.1, 0.15) is 11.5 Å². The molecule has 24 heavy (non-hydrogen) atoms. The second-order valence-electron chi connectivity index (χ2n) is 6.32. The number of phenolic OH excluding ortho intramolecular Hbond substituents is 2. The molecule has 0 unspecified atom stereocenters. The Balaban J connectivity index is 2.04. The maximum Gasteiger partial charge on any atom is 0.115 e. The summed E-state index contributed by atoms with van der Waals surface area (Å²) in [4.78, 5) is 2.32. The van der Waals surface area contributed by atoms with E-state index in [0.717, 1.165) is 17.7 Å². The van der Waals surface area contributed by atoms with Gasteiger partial charge in [0.15, 0.2) is 0 Å². The van der Waals surface area contributed by atoms with Crippen molar-refractivity contribution in [3.8, 4) is 11.5 Å². The zero-order valence-electron chi connectivity index (χ0n) is 13.5. The van der Waals surface area contributed by atoms with Crippen LogP contribution < -0.4 is 0 Å². The third-order valence-electron chi connectivity index (χ3n) is 4.96. The summed E-state index contributed by atoms with van der Waals surface area (Å²) in [5.74, 6) is 0.516. The Morgan fingerprint density at radius 3 is 1.79 bits per heavy atom. The van der Waals surface area contributed by atoms with Gasteiger partial charge < -0.3 is 10.2 Å². The average molecular weight is 317 g/mol. The lowest BCUT2D eigenvalue weighted by Crippen LogP contribution is -2.40. The molecule has 2 N–H and O–H groups in total. The average Bonchev–Trinajstić information content (AvgIpc) is 2.89. The molecule has 3 aromatic carbocycles. The molecule has 0 fully saturated rings. The summed E-state index contributed by atoms with van der Waals surface area (Å²) in [5, 5.41) is 19.4. The first-order chi connectivity index (χ1) is 11.6. The molecular weight excluding hydrogens is 298 g/mol. The first kappa shape index (κ1) is 14.8. The molecule has 3 aromatic rings. The summed E-state index contributed by atoms with van der Waals surface area (Å²) in [6, 6.07) is 23.3. The van der Waals surface area contributed by atoms with Crippen molar-refractivity contribution in [3.63, 3.8) is 0 Å². The van der Waals surface area contributed by atoms with Crippen LogP contribution in [-0.2, 0) is 12.1 Å². The van der Waals surface area contributed by atoms with Gasteiger partial charge in [0, 0.05) is 6.54 Å². The summed E-state index contributed by atoms with van der Waals surface area (Å²) in [6.07, 6.45) is 0. The Bertz CT molecular complexity index is 824. The molecule has 0 aromatic heterocycles. The molecule has 3 heteroatoms. The summed E-state index contributed by atoms with van der Waals surface area (Å²) in [7, 11) is 2.11. The molecule has 1 aliphatic rings. The standard InChI is InChI=1S/C21H19NO2/c1-22-14-15-4-2-3-5-20(15)21(22,16-6-10-18(23)11-7-16)17-8-12-19(24)13-9-17/h2-13,23-24H,14H2,1H3. The van der Waals surface area contributed by atoms with Gasteiger partial charge in [0.05, 0.1) is 5.54 Å². The number of fused-ring (bicyclic) bond motifs is 1. The Morgan fingerprint density at radius 2 is 1.25 bits per heavy atom. The predicted molar refractivity (Wildman–Crippen MR) is 94.0 cm³/mol. The van der Waals surface area contributed by atoms with Crippen molar-refractivity contribution in [2.45, 2.75) is 12.1 Å². The van der Waals surface area contributed by atoms with E-state index in [1.807, 2.05) is 24.3 Å². The van der Waals surface area contributed by atoms with E-state index in [9.17, 15) is 10.2 Å². The van der Waals surface area contributed by atoms with Crippen LogP contribution in [-0.4, -0.2) is 22.2 Å². The first-order valence-corrected chi connectivity index (χ1v) is 8.01. The van der Waals surface area contributed by atoms with Crippen LogP contribution in [0, 0.1) is 0 Å². The smallest absolute Gasteiger partial charge is 0.115 e. The number of phenols is 2. The lowest BCUT2D eigenvalue weighted by Gasteiger charge is -2.38. The molecule has 120 valence electrons. The molecule has 1 aliphatic heterocycles. The number of nitrogens with zero attached hydrogens (tertiary/aromatic N) is 1. The highest BCUT2D eigenvalue weighted by Crippen LogP contribution is 2.48. The molecule has 0 saturated heterocycles. The molecule has 4 rings (SSSR count). The lowest BCUT2D eigenvalue weighted by molar-refractivity contribution is 0.222. The van der Waals surface area contributed by atoms with Crippen molar-refractivity contribution in [1.82, 2.24) is 4.90 Å². The molecule has 0 bridgehead atoms. The quantitative estimate of drug-likeness (QED) is 0.755. The summed E-state index contributed by atoms with van der Waals surface area (Å²) in [5.41, 5.74) is 4.29. The van der Waals surface area contributed by atoms with Gasteiger partial charge in [-0.3, -0.25) is 4.90 Å². The van der Waals surface area contributed by atoms with Crippen molar-refractivity contribution in [2.24, 2.45) is 0 Å². The monoisotopic (exact) mass is 317 g/mol. The normalized spacial score (nSPS) is 16.0. The molecule has 0 amide bonds. The van der Waals surface area contributed by atoms with E-state index >= 15 is 0 Å². The third kappa shape index (κ3) is 2.02. The highest BCUT2D eigenvalue weighted by molar-refractivity contribution is 5.56. The predicted octanol–water partition coefficient (Wildman–Crippen LogP) is 3.84. The van der Waals surface area contributed by atoms with Crippen LogP contribution in [0.2, 0.25) is 0 Å². The van der Waals surface area contributed by atoms with Crippen LogP contribution in [0.5, 0.6) is 11.5 Å². The zero-order chi connectivity index (χ0) is 16.7. The van der Waals surface area contributed by atoms with Crippen molar-refractivity contribution in [1.29, 1.82) is 0 Å². The second kappa shape index (κ2) is 5.39. The number of rotatable bonds is 2. The van der Waals surface area contributed by atoms with E-state index in [1.54, 1.807) is 24.3 Å². The van der Waals surface area contributed by atoms with E-state index in [2.05, 4.69) is 36.2 Å². The lowest BCUT2D eigenvalue weighted by atomic mass is 9.77. The van der Waals surface area contributed by atoms with Gasteiger partial charge in [-0.15, -0.1) is 0 Å². The Kier molecular flexibility index (Phi) is 3.32. The number of benzene rings is 3. The zero-order valence-corrected chi connectivity index (χ0v) is 13.5. The fourth-order valence-electron chi connectivity index (χ4n) is 3.91. The number of hydrogen-bond acceptors (Lipinski definition) is 3. The SMILES string of the molecule is CN1Cc2ccccc2C1(c1ccc(O)cc1)c1ccc(O)cc1. The minimum absolute atomic E-state index is 0.258. The molecule has 0 spiro atoms. The highest BCUT2D eigenvalue weighted by atomic mass is 16.3. The van der Waals surface area contributed by atoms with Crippen LogP contribution in [0.4, 0.5) is 0 Å². The Morgan fingerprint density at radius 1 is 0.750 bits per heavy atom. The van der Waals surface area contributed by atoms with Gasteiger partial charge in [-0.1, -0.05) is 48.5 Å². The summed E-state index contributed by atoms with van der Waals surface area (Å²) < 4.78 is 0. The van der Waals surface area contributed by atoms with E-state index in [0.29, 0.717) is 0 Å². The van der Waals surface area contributed by atoms with Crippen LogP contribution in [0.3, 0.4) is 0 Å². The van der Waals surface area contributed by atoms with E-state index < -0.39 is 5.54 Å². The van der Waals surface area contributed by atoms with E-state index in [-0.39, 0.29) is 11.5 Å². The number of hydrogen-bond donors (Lipinski definition) is 2. The molecule has 0 aliphatic carbocycles. The molecule has 0 saturated carbocycles. The molecule has 0 radical (unpaired) electrons. The number of aromatic hydroxyl groups is 2. The summed E-state index contributed by atoms with van der Waals surface area (Å²) in [6.45, 7) is 0.845. The fourth-order valence-corrected chi connectivity index (χ4v) is 3.91. The maximum absolute atomic E-state index is 9.70. The van der Waals surface area contributed by atoms with Crippen molar-refractivity contribution >= 4 is 0 Å². The maximum atomic E-state index is 9.70. The van der Waals surface area contributed by atoms with Gasteiger partial charge in [0.25, 0.3) is 0 Å².